The van der Waals surface area contributed by atoms with Crippen LogP contribution in [0.5, 0.6) is 0 Å². The molecule has 2 N–H and O–H groups in total. The van der Waals surface area contributed by atoms with Gasteiger partial charge in [0.1, 0.15) is 6.07 Å². The molecular formula is C15H22N2O2S. The van der Waals surface area contributed by atoms with E-state index in [0.29, 0.717) is 12.2 Å². The Morgan fingerprint density at radius 1 is 1.50 bits per heavy atom. The molecule has 0 heterocycles. The second-order valence-corrected chi connectivity index (χ2v) is 5.77. The summed E-state index contributed by atoms with van der Waals surface area (Å²) in [5, 5.41) is 21.5. The van der Waals surface area contributed by atoms with Crippen molar-refractivity contribution in [2.75, 3.05) is 32.6 Å². The summed E-state index contributed by atoms with van der Waals surface area (Å²) in [6.45, 7) is 4.38. The van der Waals surface area contributed by atoms with Crippen molar-refractivity contribution in [2.24, 2.45) is 5.92 Å². The number of benzene rings is 1. The SMILES string of the molecule is COCCNCc1ccc(SCC(C)CO)c(C#N)c1. The van der Waals surface area contributed by atoms with Crippen molar-refractivity contribution in [2.45, 2.75) is 18.4 Å². The van der Waals surface area contributed by atoms with Gasteiger partial charge < -0.3 is 15.2 Å². The number of methoxy groups -OCH3 is 1. The number of ether oxygens (including phenoxy) is 1. The maximum atomic E-state index is 9.22. The van der Waals surface area contributed by atoms with Crippen LogP contribution in [0.1, 0.15) is 18.1 Å². The number of aliphatic hydroxyl groups is 1. The van der Waals surface area contributed by atoms with Crippen LogP contribution in [0.15, 0.2) is 23.1 Å². The van der Waals surface area contributed by atoms with E-state index in [4.69, 9.17) is 9.84 Å². The van der Waals surface area contributed by atoms with Crippen molar-refractivity contribution >= 4 is 11.8 Å². The molecule has 110 valence electrons. The van der Waals surface area contributed by atoms with Gasteiger partial charge in [0.05, 0.1) is 12.2 Å². The first-order valence-electron chi connectivity index (χ1n) is 6.67. The highest BCUT2D eigenvalue weighted by molar-refractivity contribution is 7.99. The molecule has 0 radical (unpaired) electrons. The van der Waals surface area contributed by atoms with E-state index in [1.165, 1.54) is 0 Å². The Labute approximate surface area is 125 Å². The summed E-state index contributed by atoms with van der Waals surface area (Å²) in [6.07, 6.45) is 0. The van der Waals surface area contributed by atoms with Gasteiger partial charge in [-0.05, 0) is 23.6 Å². The summed E-state index contributed by atoms with van der Waals surface area (Å²) in [7, 11) is 1.68. The van der Waals surface area contributed by atoms with Crippen molar-refractivity contribution in [3.8, 4) is 6.07 Å². The normalized spacial score (nSPS) is 12.1. The molecule has 5 heteroatoms. The predicted molar refractivity (Wildman–Crippen MR) is 81.7 cm³/mol. The molecule has 1 aromatic carbocycles. The van der Waals surface area contributed by atoms with E-state index in [0.717, 1.165) is 29.3 Å². The Kier molecular flexibility index (Phi) is 8.31. The van der Waals surface area contributed by atoms with Gasteiger partial charge in [-0.15, -0.1) is 11.8 Å². The van der Waals surface area contributed by atoms with Gasteiger partial charge >= 0.3 is 0 Å². The van der Waals surface area contributed by atoms with E-state index < -0.39 is 0 Å². The van der Waals surface area contributed by atoms with Crippen LogP contribution in [-0.4, -0.2) is 37.7 Å². The molecule has 0 bridgehead atoms. The van der Waals surface area contributed by atoms with Crippen LogP contribution in [0.2, 0.25) is 0 Å². The third-order valence-electron chi connectivity index (χ3n) is 2.81. The predicted octanol–water partition coefficient (Wildman–Crippen LogP) is 2.01. The van der Waals surface area contributed by atoms with E-state index in [9.17, 15) is 5.26 Å². The molecule has 0 spiro atoms. The molecule has 0 aliphatic carbocycles. The average molecular weight is 294 g/mol. The lowest BCUT2D eigenvalue weighted by atomic mass is 10.1. The summed E-state index contributed by atoms with van der Waals surface area (Å²) in [5.41, 5.74) is 1.79. The van der Waals surface area contributed by atoms with Crippen molar-refractivity contribution in [3.05, 3.63) is 29.3 Å². The van der Waals surface area contributed by atoms with Gasteiger partial charge in [0, 0.05) is 37.5 Å². The van der Waals surface area contributed by atoms with Crippen molar-refractivity contribution in [1.29, 1.82) is 5.26 Å². The molecule has 0 aliphatic heterocycles. The standard InChI is InChI=1S/C15H22N2O2S/c1-12(10-18)11-20-15-4-3-13(7-14(15)8-16)9-17-5-6-19-2/h3-4,7,12,17-18H,5-6,9-11H2,1-2H3. The third-order valence-corrected chi connectivity index (χ3v) is 4.21. The number of nitrogens with zero attached hydrogens (tertiary/aromatic N) is 1. The number of aliphatic hydroxyl groups excluding tert-OH is 1. The van der Waals surface area contributed by atoms with Gasteiger partial charge in [-0.2, -0.15) is 5.26 Å². The molecule has 4 nitrogen and oxygen atoms in total. The van der Waals surface area contributed by atoms with Crippen molar-refractivity contribution in [1.82, 2.24) is 5.32 Å². The lowest BCUT2D eigenvalue weighted by Gasteiger charge is -2.10. The Balaban J connectivity index is 2.59. The Bertz CT molecular complexity index is 446. The maximum Gasteiger partial charge on any atom is 0.100 e. The lowest BCUT2D eigenvalue weighted by Crippen LogP contribution is -2.18. The first kappa shape index (κ1) is 17.0. The zero-order valence-corrected chi connectivity index (χ0v) is 12.9. The summed E-state index contributed by atoms with van der Waals surface area (Å²) >= 11 is 1.62. The fourth-order valence-corrected chi connectivity index (χ4v) is 2.59. The Morgan fingerprint density at radius 2 is 2.30 bits per heavy atom. The van der Waals surface area contributed by atoms with E-state index in [1.54, 1.807) is 18.9 Å². The molecule has 0 saturated heterocycles. The molecule has 1 rings (SSSR count). The number of rotatable bonds is 9. The van der Waals surface area contributed by atoms with E-state index in [2.05, 4.69) is 11.4 Å². The largest absolute Gasteiger partial charge is 0.396 e. The van der Waals surface area contributed by atoms with Gasteiger partial charge in [0.2, 0.25) is 0 Å². The highest BCUT2D eigenvalue weighted by atomic mass is 32.2. The van der Waals surface area contributed by atoms with Gasteiger partial charge in [0.15, 0.2) is 0 Å². The number of hydrogen-bond donors (Lipinski definition) is 2. The first-order valence-corrected chi connectivity index (χ1v) is 7.66. The minimum Gasteiger partial charge on any atom is -0.396 e. The molecular weight excluding hydrogens is 272 g/mol. The van der Waals surface area contributed by atoms with Crippen molar-refractivity contribution in [3.63, 3.8) is 0 Å². The summed E-state index contributed by atoms with van der Waals surface area (Å²) in [5.74, 6) is 1.05. The molecule has 20 heavy (non-hydrogen) atoms. The summed E-state index contributed by atoms with van der Waals surface area (Å²) in [4.78, 5) is 0.980. The van der Waals surface area contributed by atoms with Crippen molar-refractivity contribution < 1.29 is 9.84 Å². The fraction of sp³-hybridized carbons (Fsp3) is 0.533. The zero-order valence-electron chi connectivity index (χ0n) is 12.1. The maximum absolute atomic E-state index is 9.22. The fourth-order valence-electron chi connectivity index (χ4n) is 1.59. The molecule has 1 aromatic rings. The highest BCUT2D eigenvalue weighted by Crippen LogP contribution is 2.25. The van der Waals surface area contributed by atoms with E-state index in [-0.39, 0.29) is 12.5 Å². The molecule has 1 unspecified atom stereocenters. The summed E-state index contributed by atoms with van der Waals surface area (Å²) in [6, 6.07) is 8.19. The molecule has 1 atom stereocenters. The molecule has 0 aliphatic rings. The molecule has 0 saturated carbocycles. The van der Waals surface area contributed by atoms with Crippen LogP contribution in [0.25, 0.3) is 0 Å². The third kappa shape index (κ3) is 5.93. The van der Waals surface area contributed by atoms with Crippen LogP contribution < -0.4 is 5.32 Å². The smallest absolute Gasteiger partial charge is 0.100 e. The number of nitrogens with one attached hydrogen (secondary N) is 1. The van der Waals surface area contributed by atoms with Crippen LogP contribution in [0, 0.1) is 17.2 Å². The molecule has 0 fully saturated rings. The number of hydrogen-bond acceptors (Lipinski definition) is 5. The van der Waals surface area contributed by atoms with Gasteiger partial charge in [-0.1, -0.05) is 13.0 Å². The van der Waals surface area contributed by atoms with Gasteiger partial charge in [-0.3, -0.25) is 0 Å². The molecule has 0 aromatic heterocycles. The van der Waals surface area contributed by atoms with Crippen LogP contribution >= 0.6 is 11.8 Å². The quantitative estimate of drug-likeness (QED) is 0.539. The van der Waals surface area contributed by atoms with Gasteiger partial charge in [0.25, 0.3) is 0 Å². The minimum atomic E-state index is 0.177. The second kappa shape index (κ2) is 9.78. The van der Waals surface area contributed by atoms with Crippen LogP contribution in [-0.2, 0) is 11.3 Å². The average Bonchev–Trinajstić information content (AvgIpc) is 2.49. The van der Waals surface area contributed by atoms with E-state index >= 15 is 0 Å². The summed E-state index contributed by atoms with van der Waals surface area (Å²) < 4.78 is 4.97. The minimum absolute atomic E-state index is 0.177. The topological polar surface area (TPSA) is 65.3 Å². The Hall–Kier alpha value is -1.06. The second-order valence-electron chi connectivity index (χ2n) is 4.71. The Morgan fingerprint density at radius 3 is 2.95 bits per heavy atom. The first-order chi connectivity index (χ1) is 9.71. The van der Waals surface area contributed by atoms with Crippen LogP contribution in [0.4, 0.5) is 0 Å². The lowest BCUT2D eigenvalue weighted by molar-refractivity contribution is 0.199. The van der Waals surface area contributed by atoms with E-state index in [1.807, 2.05) is 25.1 Å². The highest BCUT2D eigenvalue weighted by Gasteiger charge is 2.07. The molecule has 0 amide bonds. The zero-order chi connectivity index (χ0) is 14.8. The number of nitriles is 1. The monoisotopic (exact) mass is 294 g/mol. The number of thioether (sulfide) groups is 1. The van der Waals surface area contributed by atoms with Crippen LogP contribution in [0.3, 0.4) is 0 Å². The van der Waals surface area contributed by atoms with Gasteiger partial charge in [-0.25, -0.2) is 0 Å².